The molecule has 0 aromatic heterocycles. The van der Waals surface area contributed by atoms with Gasteiger partial charge in [0.1, 0.15) is 13.2 Å². The molecule has 0 fully saturated rings. The molecule has 0 heterocycles. The van der Waals surface area contributed by atoms with Gasteiger partial charge in [0, 0.05) is 19.3 Å². The van der Waals surface area contributed by atoms with E-state index in [2.05, 4.69) is 106 Å². The van der Waals surface area contributed by atoms with E-state index in [9.17, 15) is 14.4 Å². The van der Waals surface area contributed by atoms with Crippen molar-refractivity contribution in [3.8, 4) is 0 Å². The van der Waals surface area contributed by atoms with E-state index in [1.54, 1.807) is 0 Å². The van der Waals surface area contributed by atoms with Crippen LogP contribution in [0.4, 0.5) is 0 Å². The molecule has 0 aromatic carbocycles. The second-order valence-electron chi connectivity index (χ2n) is 22.7. The van der Waals surface area contributed by atoms with Crippen LogP contribution in [0.3, 0.4) is 0 Å². The minimum atomic E-state index is -0.789. The van der Waals surface area contributed by atoms with E-state index in [-0.39, 0.29) is 31.1 Å². The zero-order valence-electron chi connectivity index (χ0n) is 52.4. The molecule has 6 heteroatoms. The normalized spacial score (nSPS) is 12.6. The number of carbonyl (C=O) groups excluding carboxylic acids is 3. The molecule has 1 unspecified atom stereocenters. The van der Waals surface area contributed by atoms with Gasteiger partial charge in [0.15, 0.2) is 6.10 Å². The molecule has 0 spiro atoms. The Labute approximate surface area is 490 Å². The van der Waals surface area contributed by atoms with E-state index in [1.165, 1.54) is 186 Å². The lowest BCUT2D eigenvalue weighted by atomic mass is 10.0. The Bertz CT molecular complexity index is 1500. The number of hydrogen-bond acceptors (Lipinski definition) is 6. The van der Waals surface area contributed by atoms with Gasteiger partial charge < -0.3 is 14.2 Å². The molecule has 0 aromatic rings. The highest BCUT2D eigenvalue weighted by molar-refractivity contribution is 5.71. The van der Waals surface area contributed by atoms with Crippen molar-refractivity contribution < 1.29 is 28.6 Å². The van der Waals surface area contributed by atoms with E-state index in [0.29, 0.717) is 19.3 Å². The van der Waals surface area contributed by atoms with Crippen LogP contribution in [0.2, 0.25) is 0 Å². The summed E-state index contributed by atoms with van der Waals surface area (Å²) in [6.45, 7) is 6.55. The maximum atomic E-state index is 12.9. The number of hydrogen-bond donors (Lipinski definition) is 0. The molecule has 0 rings (SSSR count). The van der Waals surface area contributed by atoms with Crippen molar-refractivity contribution in [1.29, 1.82) is 0 Å². The Morgan fingerprint density at radius 1 is 0.253 bits per heavy atom. The van der Waals surface area contributed by atoms with E-state index in [0.717, 1.165) is 116 Å². The standard InChI is InChI=1S/C73H128O6/c1-4-7-10-13-16-19-22-25-28-29-30-31-32-33-34-35-36-37-38-39-40-41-42-43-44-45-46-49-51-54-57-60-63-66-72(75)78-69-70(79-73(76)67-64-61-58-55-52-48-27-24-21-18-15-12-9-6-3)68-77-71(74)65-62-59-56-53-50-47-26-23-20-17-14-11-8-5-2/h14-15,17-18,22-27,29-30,32-33,70H,4-13,16,19-21,28,31,34-69H2,1-3H3/b17-14-,18-15-,25-22-,26-23-,27-24-,30-29-,33-32-. The molecule has 1 atom stereocenters. The van der Waals surface area contributed by atoms with Gasteiger partial charge in [-0.15, -0.1) is 0 Å². The highest BCUT2D eigenvalue weighted by Gasteiger charge is 2.19. The zero-order chi connectivity index (χ0) is 57.1. The van der Waals surface area contributed by atoms with Crippen molar-refractivity contribution >= 4 is 17.9 Å². The first-order valence-electron chi connectivity index (χ1n) is 34.1. The summed E-state index contributed by atoms with van der Waals surface area (Å²) in [7, 11) is 0. The SMILES string of the molecule is CCCC/C=C\C/C=C\CCCCCCCC(=O)OCC(COC(=O)CCCCCCCCCCCCCCCCCCCC/C=C\C/C=C\C/C=C\CCCCCCC)OC(=O)CCCCCCC/C=C\C/C=C\CCCC. The van der Waals surface area contributed by atoms with Crippen LogP contribution in [0.25, 0.3) is 0 Å². The highest BCUT2D eigenvalue weighted by atomic mass is 16.6. The second-order valence-corrected chi connectivity index (χ2v) is 22.7. The summed E-state index contributed by atoms with van der Waals surface area (Å²) < 4.78 is 16.9. The molecule has 0 saturated carbocycles. The third-order valence-electron chi connectivity index (χ3n) is 14.8. The largest absolute Gasteiger partial charge is 0.462 e. The van der Waals surface area contributed by atoms with Gasteiger partial charge in [0.05, 0.1) is 0 Å². The lowest BCUT2D eigenvalue weighted by molar-refractivity contribution is -0.167. The predicted molar refractivity (Wildman–Crippen MR) is 344 cm³/mol. The fraction of sp³-hybridized carbons (Fsp3) is 0.767. The Morgan fingerprint density at radius 2 is 0.468 bits per heavy atom. The molecule has 0 aliphatic heterocycles. The first kappa shape index (κ1) is 75.6. The Kier molecular flexibility index (Phi) is 64.2. The third-order valence-corrected chi connectivity index (χ3v) is 14.8. The van der Waals surface area contributed by atoms with Crippen LogP contribution in [0, 0.1) is 0 Å². The monoisotopic (exact) mass is 1100 g/mol. The molecule has 0 amide bonds. The van der Waals surface area contributed by atoms with E-state index in [4.69, 9.17) is 14.2 Å². The molecule has 0 bridgehead atoms. The van der Waals surface area contributed by atoms with Crippen LogP contribution in [-0.4, -0.2) is 37.2 Å². The predicted octanol–water partition coefficient (Wildman–Crippen LogP) is 23.4. The fourth-order valence-corrected chi connectivity index (χ4v) is 9.66. The fourth-order valence-electron chi connectivity index (χ4n) is 9.66. The molecule has 456 valence electrons. The summed E-state index contributed by atoms with van der Waals surface area (Å²) in [6.07, 6.45) is 89.0. The van der Waals surface area contributed by atoms with Gasteiger partial charge in [-0.2, -0.15) is 0 Å². The molecular weight excluding hydrogens is 973 g/mol. The van der Waals surface area contributed by atoms with Crippen LogP contribution in [0.15, 0.2) is 85.1 Å². The number of unbranched alkanes of at least 4 members (excludes halogenated alkanes) is 37. The van der Waals surface area contributed by atoms with Gasteiger partial charge in [-0.25, -0.2) is 0 Å². The molecule has 0 aliphatic rings. The van der Waals surface area contributed by atoms with E-state index in [1.807, 2.05) is 0 Å². The first-order valence-corrected chi connectivity index (χ1v) is 34.1. The van der Waals surface area contributed by atoms with Crippen LogP contribution < -0.4 is 0 Å². The van der Waals surface area contributed by atoms with Gasteiger partial charge >= 0.3 is 17.9 Å². The van der Waals surface area contributed by atoms with Crippen molar-refractivity contribution in [2.45, 2.75) is 348 Å². The molecule has 0 aliphatic carbocycles. The summed E-state index contributed by atoms with van der Waals surface area (Å²) in [5.41, 5.74) is 0. The van der Waals surface area contributed by atoms with Crippen molar-refractivity contribution in [1.82, 2.24) is 0 Å². The van der Waals surface area contributed by atoms with Gasteiger partial charge in [0.25, 0.3) is 0 Å². The quantitative estimate of drug-likeness (QED) is 0.0261. The van der Waals surface area contributed by atoms with Crippen molar-refractivity contribution in [2.24, 2.45) is 0 Å². The number of esters is 3. The van der Waals surface area contributed by atoms with Crippen molar-refractivity contribution in [3.05, 3.63) is 85.1 Å². The number of ether oxygens (including phenoxy) is 3. The third kappa shape index (κ3) is 65.3. The Morgan fingerprint density at radius 3 is 0.747 bits per heavy atom. The van der Waals surface area contributed by atoms with Gasteiger partial charge in [-0.1, -0.05) is 298 Å². The van der Waals surface area contributed by atoms with Crippen LogP contribution in [0.1, 0.15) is 342 Å². The molecule has 6 nitrogen and oxygen atoms in total. The first-order chi connectivity index (χ1) is 39.0. The van der Waals surface area contributed by atoms with Crippen LogP contribution in [-0.2, 0) is 28.6 Å². The highest BCUT2D eigenvalue weighted by Crippen LogP contribution is 2.17. The summed E-state index contributed by atoms with van der Waals surface area (Å²) in [5, 5.41) is 0. The Balaban J connectivity index is 4.15. The molecule has 0 radical (unpaired) electrons. The molecule has 79 heavy (non-hydrogen) atoms. The zero-order valence-corrected chi connectivity index (χ0v) is 52.4. The summed E-state index contributed by atoms with van der Waals surface area (Å²) >= 11 is 0. The van der Waals surface area contributed by atoms with Gasteiger partial charge in [-0.3, -0.25) is 14.4 Å². The molecule has 0 N–H and O–H groups in total. The average molecular weight is 1100 g/mol. The van der Waals surface area contributed by atoms with Gasteiger partial charge in [-0.05, 0) is 109 Å². The number of allylic oxidation sites excluding steroid dienone is 14. The Hall–Kier alpha value is -3.41. The number of carbonyl (C=O) groups is 3. The molecule has 0 saturated heterocycles. The minimum Gasteiger partial charge on any atom is -0.462 e. The van der Waals surface area contributed by atoms with E-state index >= 15 is 0 Å². The number of rotatable bonds is 62. The lowest BCUT2D eigenvalue weighted by Crippen LogP contribution is -2.30. The average Bonchev–Trinajstić information content (AvgIpc) is 3.45. The van der Waals surface area contributed by atoms with Crippen LogP contribution in [0.5, 0.6) is 0 Å². The summed E-state index contributed by atoms with van der Waals surface area (Å²) in [6, 6.07) is 0. The lowest BCUT2D eigenvalue weighted by Gasteiger charge is -2.18. The minimum absolute atomic E-state index is 0.0843. The van der Waals surface area contributed by atoms with Gasteiger partial charge in [0.2, 0.25) is 0 Å². The van der Waals surface area contributed by atoms with Crippen LogP contribution >= 0.6 is 0 Å². The summed E-state index contributed by atoms with van der Waals surface area (Å²) in [5.74, 6) is -0.900. The smallest absolute Gasteiger partial charge is 0.306 e. The summed E-state index contributed by atoms with van der Waals surface area (Å²) in [4.78, 5) is 38.3. The topological polar surface area (TPSA) is 78.9 Å². The second kappa shape index (κ2) is 67.1. The van der Waals surface area contributed by atoms with Crippen molar-refractivity contribution in [3.63, 3.8) is 0 Å². The maximum Gasteiger partial charge on any atom is 0.306 e. The maximum absolute atomic E-state index is 12.9. The molecular formula is C73H128O6. The van der Waals surface area contributed by atoms with Crippen molar-refractivity contribution in [2.75, 3.05) is 13.2 Å². The van der Waals surface area contributed by atoms with E-state index < -0.39 is 6.10 Å².